The first kappa shape index (κ1) is 20.0. The zero-order chi connectivity index (χ0) is 20.9. The highest BCUT2D eigenvalue weighted by molar-refractivity contribution is 7.16. The van der Waals surface area contributed by atoms with E-state index in [4.69, 9.17) is 0 Å². The Balaban J connectivity index is 1.32. The van der Waals surface area contributed by atoms with E-state index in [-0.39, 0.29) is 17.6 Å². The van der Waals surface area contributed by atoms with Gasteiger partial charge in [0.15, 0.2) is 0 Å². The van der Waals surface area contributed by atoms with Gasteiger partial charge in [0, 0.05) is 47.6 Å². The monoisotopic (exact) mass is 420 g/mol. The molecule has 2 amide bonds. The molecular weight excluding hydrogens is 399 g/mol. The molecule has 0 saturated carbocycles. The van der Waals surface area contributed by atoms with E-state index >= 15 is 0 Å². The summed E-state index contributed by atoms with van der Waals surface area (Å²) in [6.45, 7) is 2.10. The zero-order valence-corrected chi connectivity index (χ0v) is 17.1. The molecule has 1 fully saturated rings. The van der Waals surface area contributed by atoms with Crippen LogP contribution in [0.5, 0.6) is 0 Å². The number of amides is 2. The number of carbonyl (C=O) groups is 2. The number of benzene rings is 2. The summed E-state index contributed by atoms with van der Waals surface area (Å²) in [7, 11) is 0. The van der Waals surface area contributed by atoms with Gasteiger partial charge in [0.2, 0.25) is 5.91 Å². The molecule has 0 aliphatic carbocycles. The zero-order valence-electron chi connectivity index (χ0n) is 16.3. The first-order chi connectivity index (χ1) is 14.6. The molecule has 6 heteroatoms. The third kappa shape index (κ3) is 4.66. The lowest BCUT2D eigenvalue weighted by Gasteiger charge is -2.34. The highest BCUT2D eigenvalue weighted by Gasteiger charge is 2.23. The van der Waals surface area contributed by atoms with Gasteiger partial charge in [-0.3, -0.25) is 9.59 Å². The highest BCUT2D eigenvalue weighted by Crippen LogP contribution is 2.29. The first-order valence-corrected chi connectivity index (χ1v) is 10.6. The van der Waals surface area contributed by atoms with Crippen molar-refractivity contribution in [3.8, 4) is 10.4 Å². The molecule has 1 aromatic heterocycles. The van der Waals surface area contributed by atoms with Crippen LogP contribution >= 0.6 is 11.3 Å². The van der Waals surface area contributed by atoms with Gasteiger partial charge in [0.25, 0.3) is 5.91 Å². The number of piperazine rings is 1. The summed E-state index contributed by atoms with van der Waals surface area (Å²) in [5.74, 6) is -0.310. The molecule has 30 heavy (non-hydrogen) atoms. The second-order valence-electron chi connectivity index (χ2n) is 7.03. The summed E-state index contributed by atoms with van der Waals surface area (Å²) in [4.78, 5) is 30.6. The number of halogens is 1. The van der Waals surface area contributed by atoms with Crippen molar-refractivity contribution in [3.05, 3.63) is 89.1 Å². The molecule has 1 aliphatic heterocycles. The van der Waals surface area contributed by atoms with E-state index < -0.39 is 0 Å². The highest BCUT2D eigenvalue weighted by atomic mass is 32.1. The Hall–Kier alpha value is -3.25. The maximum Gasteiger partial charge on any atom is 0.253 e. The van der Waals surface area contributed by atoms with Crippen molar-refractivity contribution < 1.29 is 14.0 Å². The van der Waals surface area contributed by atoms with Crippen molar-refractivity contribution in [3.63, 3.8) is 0 Å². The molecule has 2 aromatic carbocycles. The van der Waals surface area contributed by atoms with Crippen molar-refractivity contribution in [2.45, 2.75) is 0 Å². The second-order valence-corrected chi connectivity index (χ2v) is 8.14. The number of rotatable bonds is 4. The third-order valence-corrected chi connectivity index (χ3v) is 6.14. The van der Waals surface area contributed by atoms with E-state index in [1.165, 1.54) is 12.1 Å². The molecule has 4 nitrogen and oxygen atoms in total. The normalized spacial score (nSPS) is 14.3. The summed E-state index contributed by atoms with van der Waals surface area (Å²) in [6, 6.07) is 19.5. The molecule has 4 rings (SSSR count). The van der Waals surface area contributed by atoms with Crippen LogP contribution in [0, 0.1) is 5.82 Å². The fourth-order valence-corrected chi connectivity index (χ4v) is 4.28. The van der Waals surface area contributed by atoms with E-state index in [0.717, 1.165) is 15.3 Å². The lowest BCUT2D eigenvalue weighted by molar-refractivity contribution is -0.127. The van der Waals surface area contributed by atoms with E-state index in [0.29, 0.717) is 31.7 Å². The standard InChI is InChI=1S/C24H21FN2O2S/c25-20-8-6-18(7-9-20)22-12-10-21(30-22)11-13-23(28)26-14-16-27(17-15-26)24(29)19-4-2-1-3-5-19/h1-13H,14-17H2/b13-11+. The van der Waals surface area contributed by atoms with Gasteiger partial charge in [-0.25, -0.2) is 4.39 Å². The number of carbonyl (C=O) groups excluding carboxylic acids is 2. The molecule has 0 radical (unpaired) electrons. The van der Waals surface area contributed by atoms with Crippen molar-refractivity contribution >= 4 is 29.2 Å². The molecular formula is C24H21FN2O2S. The van der Waals surface area contributed by atoms with Crippen LogP contribution in [0.15, 0.2) is 72.8 Å². The Bertz CT molecular complexity index is 1050. The summed E-state index contributed by atoms with van der Waals surface area (Å²) in [5, 5.41) is 0. The molecule has 0 N–H and O–H groups in total. The molecule has 2 heterocycles. The Morgan fingerprint density at radius 2 is 1.50 bits per heavy atom. The van der Waals surface area contributed by atoms with Gasteiger partial charge < -0.3 is 9.80 Å². The SMILES string of the molecule is O=C(/C=C/c1ccc(-c2ccc(F)cc2)s1)N1CCN(C(=O)c2ccccc2)CC1. The van der Waals surface area contributed by atoms with Gasteiger partial charge >= 0.3 is 0 Å². The summed E-state index contributed by atoms with van der Waals surface area (Å²) < 4.78 is 13.1. The van der Waals surface area contributed by atoms with Gasteiger partial charge in [-0.05, 0) is 48.0 Å². The van der Waals surface area contributed by atoms with E-state index in [9.17, 15) is 14.0 Å². The van der Waals surface area contributed by atoms with E-state index in [1.807, 2.05) is 48.5 Å². The predicted molar refractivity (Wildman–Crippen MR) is 118 cm³/mol. The minimum Gasteiger partial charge on any atom is -0.336 e. The number of thiophene rings is 1. The molecule has 1 saturated heterocycles. The van der Waals surface area contributed by atoms with Crippen LogP contribution in [0.1, 0.15) is 15.2 Å². The van der Waals surface area contributed by atoms with Crippen molar-refractivity contribution in [1.82, 2.24) is 9.80 Å². The molecule has 0 spiro atoms. The summed E-state index contributed by atoms with van der Waals surface area (Å²) in [5.41, 5.74) is 1.62. The molecule has 0 bridgehead atoms. The summed E-state index contributed by atoms with van der Waals surface area (Å²) >= 11 is 1.55. The third-order valence-electron chi connectivity index (χ3n) is 5.04. The number of hydrogen-bond donors (Lipinski definition) is 0. The van der Waals surface area contributed by atoms with Gasteiger partial charge in [-0.2, -0.15) is 0 Å². The Morgan fingerprint density at radius 3 is 2.20 bits per heavy atom. The van der Waals surface area contributed by atoms with Crippen LogP contribution in [0.2, 0.25) is 0 Å². The molecule has 1 aliphatic rings. The van der Waals surface area contributed by atoms with Gasteiger partial charge in [-0.1, -0.05) is 30.3 Å². The van der Waals surface area contributed by atoms with E-state index in [2.05, 4.69) is 0 Å². The van der Waals surface area contributed by atoms with Crippen LogP contribution < -0.4 is 0 Å². The largest absolute Gasteiger partial charge is 0.336 e. The number of hydrogen-bond acceptors (Lipinski definition) is 3. The topological polar surface area (TPSA) is 40.6 Å². The van der Waals surface area contributed by atoms with Gasteiger partial charge in [-0.15, -0.1) is 11.3 Å². The molecule has 0 unspecified atom stereocenters. The fraction of sp³-hybridized carbons (Fsp3) is 0.167. The fourth-order valence-electron chi connectivity index (χ4n) is 3.36. The van der Waals surface area contributed by atoms with Crippen molar-refractivity contribution in [2.75, 3.05) is 26.2 Å². The minimum absolute atomic E-state index is 0.00477. The lowest BCUT2D eigenvalue weighted by atomic mass is 10.2. The second kappa shape index (κ2) is 9.05. The Labute approximate surface area is 178 Å². The van der Waals surface area contributed by atoms with Crippen molar-refractivity contribution in [1.29, 1.82) is 0 Å². The first-order valence-electron chi connectivity index (χ1n) is 9.77. The Morgan fingerprint density at radius 1 is 0.833 bits per heavy atom. The van der Waals surface area contributed by atoms with Crippen LogP contribution in [0.3, 0.4) is 0 Å². The average Bonchev–Trinajstić information content (AvgIpc) is 3.27. The van der Waals surface area contributed by atoms with Crippen LogP contribution in [0.25, 0.3) is 16.5 Å². The lowest BCUT2D eigenvalue weighted by Crippen LogP contribution is -2.50. The van der Waals surface area contributed by atoms with Gasteiger partial charge in [0.1, 0.15) is 5.82 Å². The average molecular weight is 421 g/mol. The maximum atomic E-state index is 13.1. The quantitative estimate of drug-likeness (QED) is 0.581. The molecule has 152 valence electrons. The minimum atomic E-state index is -0.258. The number of nitrogens with zero attached hydrogens (tertiary/aromatic N) is 2. The van der Waals surface area contributed by atoms with Crippen LogP contribution in [-0.4, -0.2) is 47.8 Å². The summed E-state index contributed by atoms with van der Waals surface area (Å²) in [6.07, 6.45) is 3.39. The van der Waals surface area contributed by atoms with Gasteiger partial charge in [0.05, 0.1) is 0 Å². The smallest absolute Gasteiger partial charge is 0.253 e. The van der Waals surface area contributed by atoms with E-state index in [1.54, 1.807) is 39.3 Å². The Kier molecular flexibility index (Phi) is 6.05. The molecule has 0 atom stereocenters. The van der Waals surface area contributed by atoms with Crippen LogP contribution in [-0.2, 0) is 4.79 Å². The molecule has 3 aromatic rings. The van der Waals surface area contributed by atoms with Crippen molar-refractivity contribution in [2.24, 2.45) is 0 Å². The van der Waals surface area contributed by atoms with Crippen LogP contribution in [0.4, 0.5) is 4.39 Å². The maximum absolute atomic E-state index is 13.1. The predicted octanol–water partition coefficient (Wildman–Crippen LogP) is 4.55.